The normalized spacial score (nSPS) is 22.8. The number of hydrogen-bond acceptors (Lipinski definition) is 15. The molecule has 0 spiro atoms. The fraction of sp³-hybridized carbons (Fsp3) is 0.651. The number of nitrogens with zero attached hydrogens (tertiary/aromatic N) is 4. The Bertz CT molecular complexity index is 2280. The maximum absolute atomic E-state index is 14.9. The van der Waals surface area contributed by atoms with Crippen LogP contribution < -0.4 is 19.5 Å². The van der Waals surface area contributed by atoms with Crippen molar-refractivity contribution >= 4 is 61.2 Å². The van der Waals surface area contributed by atoms with Crippen LogP contribution in [0.4, 0.5) is 5.13 Å². The van der Waals surface area contributed by atoms with Gasteiger partial charge in [0.25, 0.3) is 0 Å². The number of aromatic nitrogens is 3. The molecule has 61 heavy (non-hydrogen) atoms. The molecular formula is C43H60N6O10S2. The second-order valence-electron chi connectivity index (χ2n) is 19.3. The van der Waals surface area contributed by atoms with Gasteiger partial charge in [-0.2, -0.15) is 8.42 Å². The van der Waals surface area contributed by atoms with Gasteiger partial charge in [-0.05, 0) is 84.3 Å². The Kier molecular flexibility index (Phi) is 12.9. The molecule has 5 atom stereocenters. The molecule has 3 aliphatic rings. The highest BCUT2D eigenvalue weighted by atomic mass is 32.2. The van der Waals surface area contributed by atoms with Crippen LogP contribution >= 0.6 is 11.3 Å². The summed E-state index contributed by atoms with van der Waals surface area (Å²) in [4.78, 5) is 63.0. The third kappa shape index (κ3) is 11.0. The van der Waals surface area contributed by atoms with E-state index in [9.17, 15) is 27.6 Å². The summed E-state index contributed by atoms with van der Waals surface area (Å²) in [6, 6.07) is 6.23. The zero-order chi connectivity index (χ0) is 44.9. The van der Waals surface area contributed by atoms with E-state index in [1.54, 1.807) is 53.0 Å². The van der Waals surface area contributed by atoms with E-state index in [4.69, 9.17) is 23.4 Å². The molecule has 6 rings (SSSR count). The van der Waals surface area contributed by atoms with Crippen molar-refractivity contribution in [1.29, 1.82) is 0 Å². The lowest BCUT2D eigenvalue weighted by Crippen LogP contribution is -2.49. The van der Waals surface area contributed by atoms with Crippen LogP contribution in [0.2, 0.25) is 0 Å². The first-order valence-corrected chi connectivity index (χ1v) is 23.2. The smallest absolute Gasteiger partial charge is 0.362 e. The highest BCUT2D eigenvalue weighted by Gasteiger charge is 2.62. The molecule has 2 aromatic heterocycles. The van der Waals surface area contributed by atoms with E-state index in [0.29, 0.717) is 63.9 Å². The quantitative estimate of drug-likeness (QED) is 0.137. The molecule has 1 saturated heterocycles. The minimum atomic E-state index is -4.44. The number of likely N-dealkylation sites (tertiary alicyclic amines) is 1. The first kappa shape index (κ1) is 46.1. The number of fused-ring (bicyclic) bond motifs is 1. The second-order valence-corrected chi connectivity index (χ2v) is 21.6. The molecule has 1 aliphatic heterocycles. The number of pyridine rings is 1. The van der Waals surface area contributed by atoms with Crippen molar-refractivity contribution in [3.8, 4) is 22.2 Å². The van der Waals surface area contributed by atoms with E-state index in [2.05, 4.69) is 20.2 Å². The van der Waals surface area contributed by atoms with Crippen molar-refractivity contribution in [3.63, 3.8) is 0 Å². The number of nitrogens with one attached hydrogen (secondary N) is 2. The van der Waals surface area contributed by atoms with E-state index in [-0.39, 0.29) is 37.8 Å². The predicted molar refractivity (Wildman–Crippen MR) is 230 cm³/mol. The zero-order valence-corrected chi connectivity index (χ0v) is 38.7. The topological polar surface area (TPSA) is 205 Å². The van der Waals surface area contributed by atoms with Crippen LogP contribution in [0.25, 0.3) is 21.6 Å². The lowest BCUT2D eigenvalue weighted by atomic mass is 9.77. The second kappa shape index (κ2) is 17.0. The van der Waals surface area contributed by atoms with Crippen molar-refractivity contribution in [2.24, 2.45) is 22.7 Å². The predicted octanol–water partition coefficient (Wildman–Crippen LogP) is 6.63. The molecular weight excluding hydrogens is 825 g/mol. The fourth-order valence-electron chi connectivity index (χ4n) is 7.95. The Morgan fingerprint density at radius 1 is 1.05 bits per heavy atom. The number of carbonyl (C=O) groups excluding carboxylic acids is 4. The van der Waals surface area contributed by atoms with Crippen molar-refractivity contribution in [3.05, 3.63) is 24.3 Å². The van der Waals surface area contributed by atoms with Gasteiger partial charge in [0, 0.05) is 36.4 Å². The number of rotatable bonds is 17. The van der Waals surface area contributed by atoms with Crippen LogP contribution in [-0.2, 0) is 38.4 Å². The van der Waals surface area contributed by atoms with Gasteiger partial charge in [0.2, 0.25) is 16.9 Å². The highest BCUT2D eigenvalue weighted by Crippen LogP contribution is 2.58. The number of ketones is 1. The minimum absolute atomic E-state index is 0.0100. The van der Waals surface area contributed by atoms with E-state index in [1.807, 2.05) is 47.6 Å². The van der Waals surface area contributed by atoms with E-state index in [0.717, 1.165) is 0 Å². The first-order valence-electron chi connectivity index (χ1n) is 20.9. The summed E-state index contributed by atoms with van der Waals surface area (Å²) in [6.07, 6.45) is 0.754. The van der Waals surface area contributed by atoms with Crippen molar-refractivity contribution < 1.29 is 46.0 Å². The first-order chi connectivity index (χ1) is 28.3. The molecule has 334 valence electrons. The molecule has 3 aromatic rings. The summed E-state index contributed by atoms with van der Waals surface area (Å²) in [6.45, 7) is 18.4. The van der Waals surface area contributed by atoms with Gasteiger partial charge in [-0.1, -0.05) is 45.5 Å². The summed E-state index contributed by atoms with van der Waals surface area (Å²) in [5, 5.41) is 13.7. The molecule has 1 aromatic carbocycles. The van der Waals surface area contributed by atoms with Crippen LogP contribution in [0.1, 0.15) is 114 Å². The zero-order valence-electron chi connectivity index (χ0n) is 37.0. The van der Waals surface area contributed by atoms with Crippen LogP contribution in [0, 0.1) is 22.7 Å². The monoisotopic (exact) mass is 884 g/mol. The molecule has 16 nitrogen and oxygen atoms in total. The molecule has 2 saturated carbocycles. The lowest BCUT2D eigenvalue weighted by Gasteiger charge is -2.35. The Morgan fingerprint density at radius 2 is 1.75 bits per heavy atom. The number of ether oxygens (including phenoxy) is 3. The SMILES string of the molecule is CC[C@@H]1C[C@]1(CC(=O)[C@@H]1C[C@@H](Oc2cc(-c3nnc(NC(C)C)s3)nc3cc(OC)ccc23)CN1C(=O)[C@@H](CC(=O)OC(C)(C)C)C(C)(C)C)C(=O)NS(=O)(=O)OC1(C)CC1. The molecule has 0 unspecified atom stereocenters. The Balaban J connectivity index is 1.34. The van der Waals surface area contributed by atoms with Crippen LogP contribution in [0.15, 0.2) is 24.3 Å². The fourth-order valence-corrected chi connectivity index (χ4v) is 9.97. The average Bonchev–Trinajstić information content (AvgIpc) is 3.91. The van der Waals surface area contributed by atoms with E-state index >= 15 is 0 Å². The summed E-state index contributed by atoms with van der Waals surface area (Å²) >= 11 is 1.33. The summed E-state index contributed by atoms with van der Waals surface area (Å²) in [7, 11) is -2.88. The van der Waals surface area contributed by atoms with Crippen molar-refractivity contribution in [2.45, 2.75) is 144 Å². The van der Waals surface area contributed by atoms with Gasteiger partial charge >= 0.3 is 16.3 Å². The van der Waals surface area contributed by atoms with Gasteiger partial charge in [-0.15, -0.1) is 10.2 Å². The molecule has 18 heteroatoms. The lowest BCUT2D eigenvalue weighted by molar-refractivity contribution is -0.161. The van der Waals surface area contributed by atoms with Crippen LogP contribution in [-0.4, -0.2) is 95.1 Å². The standard InChI is InChI=1S/C43H60N6O10S2/c1-12-25-21-43(25,38(53)48-61(54,55)59-42(10)15-16-42)22-33(50)32-18-27(23-49(32)37(52)29(40(4,5)6)19-35(51)58-41(7,8)9)57-34-20-31(36-46-47-39(60-36)44-24(2)3)45-30-17-26(56-11)13-14-28(30)34/h13-14,17,20,24-25,27,29,32H,12,15-16,18-19,21-23H2,1-11H3,(H,44,47)(H,48,53)/t25-,27-,29-,32+,43-/m1/s1. The molecule has 0 radical (unpaired) electrons. The molecule has 3 heterocycles. The maximum Gasteiger partial charge on any atom is 0.362 e. The van der Waals surface area contributed by atoms with Crippen LogP contribution in [0.3, 0.4) is 0 Å². The third-order valence-electron chi connectivity index (χ3n) is 11.5. The Labute approximate surface area is 362 Å². The molecule has 2 aliphatic carbocycles. The summed E-state index contributed by atoms with van der Waals surface area (Å²) < 4.78 is 51.1. The third-order valence-corrected chi connectivity index (χ3v) is 13.5. The van der Waals surface area contributed by atoms with Gasteiger partial charge in [0.1, 0.15) is 28.9 Å². The van der Waals surface area contributed by atoms with Gasteiger partial charge in [-0.25, -0.2) is 13.9 Å². The van der Waals surface area contributed by atoms with Crippen molar-refractivity contribution in [1.82, 2.24) is 24.8 Å². The van der Waals surface area contributed by atoms with Gasteiger partial charge in [0.05, 0.1) is 48.6 Å². The van der Waals surface area contributed by atoms with E-state index in [1.165, 1.54) is 16.2 Å². The number of Topliss-reactive ketones (excluding diaryl/α,β-unsaturated/α-hetero) is 1. The summed E-state index contributed by atoms with van der Waals surface area (Å²) in [5.41, 5.74) is -2.61. The van der Waals surface area contributed by atoms with Crippen molar-refractivity contribution in [2.75, 3.05) is 19.0 Å². The number of amides is 2. The number of benzene rings is 1. The van der Waals surface area contributed by atoms with Gasteiger partial charge in [0.15, 0.2) is 10.8 Å². The summed E-state index contributed by atoms with van der Waals surface area (Å²) in [5.74, 6) is -2.31. The Morgan fingerprint density at radius 3 is 2.34 bits per heavy atom. The number of carbonyl (C=O) groups is 4. The molecule has 2 N–H and O–H groups in total. The van der Waals surface area contributed by atoms with Gasteiger partial charge < -0.3 is 24.4 Å². The molecule has 2 amide bonds. The van der Waals surface area contributed by atoms with Gasteiger partial charge in [-0.3, -0.25) is 19.2 Å². The maximum atomic E-state index is 14.9. The largest absolute Gasteiger partial charge is 0.497 e. The highest BCUT2D eigenvalue weighted by molar-refractivity contribution is 7.85. The molecule has 3 fully saturated rings. The molecule has 0 bridgehead atoms. The average molecular weight is 885 g/mol. The number of esters is 1. The minimum Gasteiger partial charge on any atom is -0.497 e. The number of methoxy groups -OCH3 is 1. The van der Waals surface area contributed by atoms with E-state index < -0.39 is 74.0 Å². The Hall–Kier alpha value is -4.42. The number of hydrogen-bond donors (Lipinski definition) is 2. The van der Waals surface area contributed by atoms with Crippen LogP contribution in [0.5, 0.6) is 11.5 Å². The number of anilines is 1.